The highest BCUT2D eigenvalue weighted by Gasteiger charge is 2.43. The van der Waals surface area contributed by atoms with Crippen molar-refractivity contribution < 1.29 is 9.84 Å². The molecule has 1 unspecified atom stereocenters. The first-order valence-corrected chi connectivity index (χ1v) is 8.92. The van der Waals surface area contributed by atoms with Crippen LogP contribution in [0.4, 0.5) is 0 Å². The largest absolute Gasteiger partial charge is 0.487 e. The Morgan fingerprint density at radius 2 is 2.00 bits per heavy atom. The summed E-state index contributed by atoms with van der Waals surface area (Å²) in [5.74, 6) is 0.867. The monoisotopic (exact) mass is 340 g/mol. The zero-order valence-corrected chi connectivity index (χ0v) is 15.4. The van der Waals surface area contributed by atoms with Gasteiger partial charge in [0.2, 0.25) is 0 Å². The summed E-state index contributed by atoms with van der Waals surface area (Å²) in [5.41, 5.74) is 1.44. The van der Waals surface area contributed by atoms with Gasteiger partial charge in [-0.1, -0.05) is 32.0 Å². The number of ether oxygens (including phenoxy) is 1. The summed E-state index contributed by atoms with van der Waals surface area (Å²) < 4.78 is 5.87. The van der Waals surface area contributed by atoms with Gasteiger partial charge in [-0.25, -0.2) is 0 Å². The van der Waals surface area contributed by atoms with Crippen LogP contribution in [0.1, 0.15) is 38.4 Å². The summed E-state index contributed by atoms with van der Waals surface area (Å²) >= 11 is 0. The summed E-state index contributed by atoms with van der Waals surface area (Å²) in [6.45, 7) is 9.40. The number of pyridine rings is 1. The predicted octanol–water partition coefficient (Wildman–Crippen LogP) is 3.64. The van der Waals surface area contributed by atoms with Crippen molar-refractivity contribution in [3.05, 3.63) is 59.9 Å². The van der Waals surface area contributed by atoms with Crippen LogP contribution in [0.25, 0.3) is 0 Å². The second kappa shape index (κ2) is 7.14. The van der Waals surface area contributed by atoms with Crippen molar-refractivity contribution in [1.29, 1.82) is 0 Å². The number of hydrogen-bond donors (Lipinski definition) is 1. The summed E-state index contributed by atoms with van der Waals surface area (Å²) in [5, 5.41) is 10.6. The Kier molecular flexibility index (Phi) is 5.11. The lowest BCUT2D eigenvalue weighted by Gasteiger charge is -2.48. The molecule has 1 fully saturated rings. The summed E-state index contributed by atoms with van der Waals surface area (Å²) in [4.78, 5) is 6.69. The van der Waals surface area contributed by atoms with Gasteiger partial charge in [-0.05, 0) is 43.2 Å². The number of hydrogen-bond acceptors (Lipinski definition) is 4. The number of benzene rings is 1. The van der Waals surface area contributed by atoms with Gasteiger partial charge in [-0.2, -0.15) is 0 Å². The van der Waals surface area contributed by atoms with Crippen LogP contribution in [0.3, 0.4) is 0 Å². The van der Waals surface area contributed by atoms with Crippen LogP contribution in [0, 0.1) is 5.41 Å². The van der Waals surface area contributed by atoms with Crippen LogP contribution in [-0.4, -0.2) is 33.7 Å². The van der Waals surface area contributed by atoms with Crippen LogP contribution < -0.4 is 4.74 Å². The predicted molar refractivity (Wildman–Crippen MR) is 99.3 cm³/mol. The Hall–Kier alpha value is -1.91. The van der Waals surface area contributed by atoms with E-state index in [0.717, 1.165) is 37.5 Å². The maximum atomic E-state index is 10.6. The lowest BCUT2D eigenvalue weighted by atomic mass is 9.71. The third-order valence-corrected chi connectivity index (χ3v) is 5.41. The van der Waals surface area contributed by atoms with E-state index in [2.05, 4.69) is 35.9 Å². The van der Waals surface area contributed by atoms with Gasteiger partial charge in [0, 0.05) is 31.2 Å². The van der Waals surface area contributed by atoms with Crippen molar-refractivity contribution in [1.82, 2.24) is 9.88 Å². The van der Waals surface area contributed by atoms with E-state index in [-0.39, 0.29) is 5.41 Å². The normalized spacial score (nSPS) is 23.4. The lowest BCUT2D eigenvalue weighted by molar-refractivity contribution is -0.107. The smallest absolute Gasteiger partial charge is 0.130 e. The van der Waals surface area contributed by atoms with E-state index in [1.165, 1.54) is 5.56 Å². The Balaban J connectivity index is 1.60. The topological polar surface area (TPSA) is 45.6 Å². The highest BCUT2D eigenvalue weighted by Crippen LogP contribution is 2.38. The maximum Gasteiger partial charge on any atom is 0.130 e. The minimum absolute atomic E-state index is 0.113. The molecule has 3 rings (SSSR count). The van der Waals surface area contributed by atoms with Gasteiger partial charge >= 0.3 is 0 Å². The first kappa shape index (κ1) is 17.9. The van der Waals surface area contributed by atoms with Crippen LogP contribution in [0.2, 0.25) is 0 Å². The fourth-order valence-electron chi connectivity index (χ4n) is 3.29. The molecule has 0 aliphatic carbocycles. The lowest BCUT2D eigenvalue weighted by Crippen LogP contribution is -2.55. The minimum Gasteiger partial charge on any atom is -0.487 e. The first-order chi connectivity index (χ1) is 11.9. The van der Waals surface area contributed by atoms with Crippen molar-refractivity contribution >= 4 is 0 Å². The molecule has 1 aliphatic heterocycles. The van der Waals surface area contributed by atoms with Crippen LogP contribution >= 0.6 is 0 Å². The van der Waals surface area contributed by atoms with Gasteiger partial charge in [0.05, 0.1) is 11.3 Å². The molecular weight excluding hydrogens is 312 g/mol. The molecule has 1 saturated heterocycles. The van der Waals surface area contributed by atoms with E-state index in [1.54, 1.807) is 6.20 Å². The number of nitrogens with zero attached hydrogens (tertiary/aromatic N) is 2. The standard InChI is InChI=1S/C21H28N2O2/c1-20(2)16-23(12-10-21(20,3)24)14-17-7-6-9-19(13-17)25-15-18-8-4-5-11-22-18/h4-9,11,13,24H,10,12,14-16H2,1-3H3. The third-order valence-electron chi connectivity index (χ3n) is 5.41. The second-order valence-corrected chi connectivity index (χ2v) is 7.88. The molecule has 25 heavy (non-hydrogen) atoms. The highest BCUT2D eigenvalue weighted by atomic mass is 16.5. The maximum absolute atomic E-state index is 10.6. The van der Waals surface area contributed by atoms with E-state index in [9.17, 15) is 5.11 Å². The third kappa shape index (κ3) is 4.39. The van der Waals surface area contributed by atoms with E-state index < -0.39 is 5.60 Å². The Labute approximate surface area is 150 Å². The molecule has 1 N–H and O–H groups in total. The average Bonchev–Trinajstić information content (AvgIpc) is 2.58. The van der Waals surface area contributed by atoms with E-state index in [4.69, 9.17) is 4.74 Å². The summed E-state index contributed by atoms with van der Waals surface area (Å²) in [6, 6.07) is 14.1. The van der Waals surface area contributed by atoms with Crippen LogP contribution in [0.15, 0.2) is 48.7 Å². The van der Waals surface area contributed by atoms with Gasteiger partial charge in [-0.15, -0.1) is 0 Å². The number of aromatic nitrogens is 1. The highest BCUT2D eigenvalue weighted by molar-refractivity contribution is 5.28. The van der Waals surface area contributed by atoms with Gasteiger partial charge in [-0.3, -0.25) is 9.88 Å². The molecule has 0 saturated carbocycles. The number of piperidine rings is 1. The molecule has 1 atom stereocenters. The molecule has 134 valence electrons. The second-order valence-electron chi connectivity index (χ2n) is 7.88. The average molecular weight is 340 g/mol. The molecule has 2 aromatic rings. The van der Waals surface area contributed by atoms with Crippen molar-refractivity contribution in [2.75, 3.05) is 13.1 Å². The zero-order chi connectivity index (χ0) is 17.9. The number of aliphatic hydroxyl groups is 1. The quantitative estimate of drug-likeness (QED) is 0.902. The molecule has 4 heteroatoms. The van der Waals surface area contributed by atoms with Crippen molar-refractivity contribution in [3.8, 4) is 5.75 Å². The molecule has 4 nitrogen and oxygen atoms in total. The summed E-state index contributed by atoms with van der Waals surface area (Å²) in [7, 11) is 0. The summed E-state index contributed by atoms with van der Waals surface area (Å²) in [6.07, 6.45) is 2.58. The van der Waals surface area contributed by atoms with Gasteiger partial charge in [0.15, 0.2) is 0 Å². The minimum atomic E-state index is -0.600. The Morgan fingerprint density at radius 1 is 1.16 bits per heavy atom. The van der Waals surface area contributed by atoms with Gasteiger partial charge in [0.1, 0.15) is 12.4 Å². The fraction of sp³-hybridized carbons (Fsp3) is 0.476. The number of likely N-dealkylation sites (tertiary alicyclic amines) is 1. The molecular formula is C21H28N2O2. The van der Waals surface area contributed by atoms with Crippen molar-refractivity contribution in [3.63, 3.8) is 0 Å². The molecule has 1 aromatic heterocycles. The SMILES string of the molecule is CC1(C)CN(Cc2cccc(OCc3ccccn3)c2)CCC1(C)O. The van der Waals surface area contributed by atoms with E-state index in [0.29, 0.717) is 6.61 Å². The molecule has 0 spiro atoms. The molecule has 1 aromatic carbocycles. The molecule has 2 heterocycles. The van der Waals surface area contributed by atoms with Crippen LogP contribution in [-0.2, 0) is 13.2 Å². The van der Waals surface area contributed by atoms with Gasteiger partial charge < -0.3 is 9.84 Å². The van der Waals surface area contributed by atoms with E-state index in [1.807, 2.05) is 37.3 Å². The first-order valence-electron chi connectivity index (χ1n) is 8.92. The zero-order valence-electron chi connectivity index (χ0n) is 15.4. The fourth-order valence-corrected chi connectivity index (χ4v) is 3.29. The van der Waals surface area contributed by atoms with Crippen molar-refractivity contribution in [2.24, 2.45) is 5.41 Å². The molecule has 1 aliphatic rings. The molecule has 0 bridgehead atoms. The Morgan fingerprint density at radius 3 is 2.72 bits per heavy atom. The molecule has 0 radical (unpaired) electrons. The molecule has 0 amide bonds. The number of rotatable bonds is 5. The van der Waals surface area contributed by atoms with Crippen molar-refractivity contribution in [2.45, 2.75) is 45.9 Å². The van der Waals surface area contributed by atoms with Gasteiger partial charge in [0.25, 0.3) is 0 Å². The van der Waals surface area contributed by atoms with E-state index >= 15 is 0 Å². The Bertz CT molecular complexity index is 698. The van der Waals surface area contributed by atoms with Crippen LogP contribution in [0.5, 0.6) is 5.75 Å².